The first-order valence-corrected chi connectivity index (χ1v) is 9.72. The molecule has 4 rings (SSSR count). The SMILES string of the molecule is C=Cc1sc(C(=O)N[C@@H]2[C@@H](N)CCCC2(F)F)nc1-c1cnn2ccccc12. The molecule has 28 heavy (non-hydrogen) atoms. The van der Waals surface area contributed by atoms with E-state index in [9.17, 15) is 13.6 Å². The maximum absolute atomic E-state index is 14.2. The van der Waals surface area contributed by atoms with Crippen LogP contribution in [-0.2, 0) is 0 Å². The van der Waals surface area contributed by atoms with Crippen molar-refractivity contribution < 1.29 is 13.6 Å². The molecule has 3 aromatic heterocycles. The number of thiazole rings is 1. The van der Waals surface area contributed by atoms with Crippen LogP contribution in [0.15, 0.2) is 37.2 Å². The largest absolute Gasteiger partial charge is 0.340 e. The van der Waals surface area contributed by atoms with Crippen LogP contribution in [0.4, 0.5) is 8.78 Å². The van der Waals surface area contributed by atoms with E-state index in [0.717, 1.165) is 22.4 Å². The highest BCUT2D eigenvalue weighted by atomic mass is 32.1. The summed E-state index contributed by atoms with van der Waals surface area (Å²) in [7, 11) is 0. The first kappa shape index (κ1) is 18.7. The third-order valence-electron chi connectivity index (χ3n) is 4.93. The lowest BCUT2D eigenvalue weighted by Crippen LogP contribution is -2.59. The summed E-state index contributed by atoms with van der Waals surface area (Å²) in [6.07, 6.45) is 5.57. The topological polar surface area (TPSA) is 85.3 Å². The van der Waals surface area contributed by atoms with Gasteiger partial charge in [-0.2, -0.15) is 5.10 Å². The number of nitrogens with one attached hydrogen (secondary N) is 1. The number of aromatic nitrogens is 3. The number of rotatable bonds is 4. The average Bonchev–Trinajstić information content (AvgIpc) is 3.28. The fourth-order valence-electron chi connectivity index (χ4n) is 3.50. The van der Waals surface area contributed by atoms with Crippen molar-refractivity contribution in [1.82, 2.24) is 19.9 Å². The maximum atomic E-state index is 14.2. The normalized spacial score (nSPS) is 21.5. The molecule has 1 saturated carbocycles. The van der Waals surface area contributed by atoms with E-state index in [1.54, 1.807) is 23.0 Å². The van der Waals surface area contributed by atoms with E-state index in [4.69, 9.17) is 5.73 Å². The zero-order valence-corrected chi connectivity index (χ0v) is 15.8. The van der Waals surface area contributed by atoms with E-state index in [1.165, 1.54) is 0 Å². The Balaban J connectivity index is 1.66. The van der Waals surface area contributed by atoms with Crippen LogP contribution in [0.25, 0.3) is 22.9 Å². The number of carbonyl (C=O) groups excluding carboxylic acids is 1. The molecule has 3 heterocycles. The second kappa shape index (κ2) is 7.06. The number of hydrogen-bond acceptors (Lipinski definition) is 5. The number of nitrogens with two attached hydrogens (primary N) is 1. The van der Waals surface area contributed by atoms with Gasteiger partial charge in [-0.25, -0.2) is 18.3 Å². The van der Waals surface area contributed by atoms with Gasteiger partial charge in [0, 0.05) is 24.2 Å². The van der Waals surface area contributed by atoms with Gasteiger partial charge in [0.05, 0.1) is 22.3 Å². The van der Waals surface area contributed by atoms with Gasteiger partial charge >= 0.3 is 0 Å². The number of pyridine rings is 1. The highest BCUT2D eigenvalue weighted by Gasteiger charge is 2.46. The standard InChI is InChI=1S/C19H19F2N5OS/c1-2-14-15(11-10-23-26-9-4-3-7-13(11)26)24-18(28-14)17(27)25-16-12(22)6-5-8-19(16,20)21/h2-4,7,9-10,12,16H,1,5-6,8,22H2,(H,25,27)/t12-,16+/m0/s1. The molecule has 0 saturated heterocycles. The van der Waals surface area contributed by atoms with Crippen molar-refractivity contribution in [3.8, 4) is 11.3 Å². The van der Waals surface area contributed by atoms with Crippen LogP contribution in [0.5, 0.6) is 0 Å². The molecular weight excluding hydrogens is 384 g/mol. The van der Waals surface area contributed by atoms with Gasteiger partial charge in [-0.05, 0) is 31.1 Å². The number of hydrogen-bond donors (Lipinski definition) is 2. The van der Waals surface area contributed by atoms with Crippen LogP contribution in [0.2, 0.25) is 0 Å². The third kappa shape index (κ3) is 3.20. The number of fused-ring (bicyclic) bond motifs is 1. The minimum Gasteiger partial charge on any atom is -0.340 e. The molecule has 0 spiro atoms. The van der Waals surface area contributed by atoms with Gasteiger partial charge < -0.3 is 11.1 Å². The molecule has 0 unspecified atom stereocenters. The van der Waals surface area contributed by atoms with Gasteiger partial charge in [0.1, 0.15) is 6.04 Å². The molecule has 0 radical (unpaired) electrons. The predicted octanol–water partition coefficient (Wildman–Crippen LogP) is 3.35. The first-order chi connectivity index (χ1) is 13.4. The molecule has 3 N–H and O–H groups in total. The molecule has 0 aromatic carbocycles. The number of halogens is 2. The Labute approximate surface area is 164 Å². The second-order valence-corrected chi connectivity index (χ2v) is 7.82. The van der Waals surface area contributed by atoms with Crippen molar-refractivity contribution in [2.24, 2.45) is 5.73 Å². The van der Waals surface area contributed by atoms with Crippen molar-refractivity contribution in [2.45, 2.75) is 37.3 Å². The van der Waals surface area contributed by atoms with Crippen LogP contribution in [0.1, 0.15) is 33.9 Å². The summed E-state index contributed by atoms with van der Waals surface area (Å²) in [6.45, 7) is 3.78. The van der Waals surface area contributed by atoms with Gasteiger partial charge in [0.2, 0.25) is 0 Å². The molecule has 3 aromatic rings. The van der Waals surface area contributed by atoms with Gasteiger partial charge in [-0.1, -0.05) is 12.6 Å². The van der Waals surface area contributed by atoms with E-state index in [2.05, 4.69) is 22.0 Å². The van der Waals surface area contributed by atoms with Crippen LogP contribution >= 0.6 is 11.3 Å². The van der Waals surface area contributed by atoms with Gasteiger partial charge in [0.25, 0.3) is 11.8 Å². The predicted molar refractivity (Wildman–Crippen MR) is 104 cm³/mol. The second-order valence-electron chi connectivity index (χ2n) is 6.79. The quantitative estimate of drug-likeness (QED) is 0.700. The molecule has 6 nitrogen and oxygen atoms in total. The molecule has 1 aliphatic carbocycles. The summed E-state index contributed by atoms with van der Waals surface area (Å²) in [5, 5.41) is 6.77. The smallest absolute Gasteiger partial charge is 0.280 e. The Morgan fingerprint density at radius 2 is 2.29 bits per heavy atom. The van der Waals surface area contributed by atoms with Crippen molar-refractivity contribution >= 4 is 28.8 Å². The molecule has 9 heteroatoms. The van der Waals surface area contributed by atoms with Crippen molar-refractivity contribution in [1.29, 1.82) is 0 Å². The van der Waals surface area contributed by atoms with Crippen LogP contribution in [0.3, 0.4) is 0 Å². The van der Waals surface area contributed by atoms with Crippen LogP contribution in [0, 0.1) is 0 Å². The molecular formula is C19H19F2N5OS. The van der Waals surface area contributed by atoms with Gasteiger partial charge in [0.15, 0.2) is 5.01 Å². The summed E-state index contributed by atoms with van der Waals surface area (Å²) in [5.74, 6) is -3.69. The Morgan fingerprint density at radius 3 is 3.04 bits per heavy atom. The van der Waals surface area contributed by atoms with Crippen molar-refractivity contribution in [3.63, 3.8) is 0 Å². The zero-order chi connectivity index (χ0) is 19.9. The lowest BCUT2D eigenvalue weighted by atomic mass is 9.87. The fraction of sp³-hybridized carbons (Fsp3) is 0.316. The number of nitrogens with zero attached hydrogens (tertiary/aromatic N) is 3. The Morgan fingerprint density at radius 1 is 1.46 bits per heavy atom. The molecule has 1 amide bonds. The van der Waals surface area contributed by atoms with E-state index < -0.39 is 23.9 Å². The summed E-state index contributed by atoms with van der Waals surface area (Å²) in [5.41, 5.74) is 7.95. The van der Waals surface area contributed by atoms with Gasteiger partial charge in [-0.3, -0.25) is 4.79 Å². The molecule has 0 aliphatic heterocycles. The Hall–Kier alpha value is -2.65. The van der Waals surface area contributed by atoms with Gasteiger partial charge in [-0.15, -0.1) is 11.3 Å². The lowest BCUT2D eigenvalue weighted by Gasteiger charge is -2.36. The van der Waals surface area contributed by atoms with Crippen molar-refractivity contribution in [3.05, 3.63) is 47.1 Å². The number of carbonyl (C=O) groups is 1. The number of alkyl halides is 2. The zero-order valence-electron chi connectivity index (χ0n) is 14.9. The summed E-state index contributed by atoms with van der Waals surface area (Å²) in [4.78, 5) is 17.7. The van der Waals surface area contributed by atoms with E-state index in [-0.39, 0.29) is 11.4 Å². The maximum Gasteiger partial charge on any atom is 0.280 e. The minimum atomic E-state index is -3.03. The highest BCUT2D eigenvalue weighted by Crippen LogP contribution is 2.35. The molecule has 1 aliphatic rings. The molecule has 2 atom stereocenters. The fourth-order valence-corrected chi connectivity index (χ4v) is 4.33. The van der Waals surface area contributed by atoms with E-state index >= 15 is 0 Å². The summed E-state index contributed by atoms with van der Waals surface area (Å²) in [6, 6.07) is 3.43. The highest BCUT2D eigenvalue weighted by molar-refractivity contribution is 7.15. The lowest BCUT2D eigenvalue weighted by molar-refractivity contribution is -0.0674. The van der Waals surface area contributed by atoms with Crippen molar-refractivity contribution in [2.75, 3.05) is 0 Å². The molecule has 1 fully saturated rings. The number of amides is 1. The van der Waals surface area contributed by atoms with E-state index in [1.807, 2.05) is 18.2 Å². The molecule has 0 bridgehead atoms. The Bertz CT molecular complexity index is 1040. The van der Waals surface area contributed by atoms with Crippen LogP contribution < -0.4 is 11.1 Å². The minimum absolute atomic E-state index is 0.0914. The monoisotopic (exact) mass is 403 g/mol. The summed E-state index contributed by atoms with van der Waals surface area (Å²) >= 11 is 1.10. The van der Waals surface area contributed by atoms with E-state index in [0.29, 0.717) is 23.4 Å². The molecule has 146 valence electrons. The third-order valence-corrected chi connectivity index (χ3v) is 5.98. The first-order valence-electron chi connectivity index (χ1n) is 8.91. The average molecular weight is 403 g/mol. The Kier molecular flexibility index (Phi) is 4.72. The summed E-state index contributed by atoms with van der Waals surface area (Å²) < 4.78 is 30.1. The van der Waals surface area contributed by atoms with Crippen LogP contribution in [-0.4, -0.2) is 38.5 Å².